The molecule has 3 nitrogen and oxygen atoms in total. The Morgan fingerprint density at radius 1 is 1.25 bits per heavy atom. The number of anilines is 1. The summed E-state index contributed by atoms with van der Waals surface area (Å²) >= 11 is 6.06. The number of nitrogen functional groups attached to an aromatic ring is 1. The van der Waals surface area contributed by atoms with Crippen LogP contribution in [0.4, 0.5) is 5.69 Å². The first kappa shape index (κ1) is 14.6. The lowest BCUT2D eigenvalue weighted by atomic mass is 10.0. The van der Waals surface area contributed by atoms with Crippen LogP contribution < -0.4 is 5.73 Å². The smallest absolute Gasteiger partial charge is 0.0744 e. The molecule has 2 aromatic carbocycles. The maximum absolute atomic E-state index is 9.24. The Labute approximate surface area is 123 Å². The monoisotopic (exact) mass is 288 g/mol. The highest BCUT2D eigenvalue weighted by molar-refractivity contribution is 6.31. The number of halogens is 1. The zero-order valence-corrected chi connectivity index (χ0v) is 12.0. The molecular weight excluding hydrogens is 272 g/mol. The molecule has 2 aromatic rings. The molecule has 0 aromatic heterocycles. The van der Waals surface area contributed by atoms with Crippen molar-refractivity contribution in [2.24, 2.45) is 4.99 Å². The summed E-state index contributed by atoms with van der Waals surface area (Å²) in [6.07, 6.45) is 0. The summed E-state index contributed by atoms with van der Waals surface area (Å²) in [5.41, 5.74) is 9.13. The molecule has 4 heteroatoms. The van der Waals surface area contributed by atoms with Crippen molar-refractivity contribution >= 4 is 23.0 Å². The van der Waals surface area contributed by atoms with Crippen molar-refractivity contribution in [1.29, 1.82) is 0 Å². The second kappa shape index (κ2) is 6.55. The third kappa shape index (κ3) is 3.38. The lowest BCUT2D eigenvalue weighted by Gasteiger charge is -2.13. The SMILES string of the molecule is CC(CO)/N=C(\c1ccccc1)c1cc(Cl)ccc1N. The van der Waals surface area contributed by atoms with E-state index in [2.05, 4.69) is 4.99 Å². The van der Waals surface area contributed by atoms with Crippen LogP contribution in [0.2, 0.25) is 5.02 Å². The molecule has 0 saturated heterocycles. The summed E-state index contributed by atoms with van der Waals surface area (Å²) in [7, 11) is 0. The van der Waals surface area contributed by atoms with E-state index in [1.807, 2.05) is 37.3 Å². The molecule has 1 unspecified atom stereocenters. The minimum absolute atomic E-state index is 0.0171. The van der Waals surface area contributed by atoms with Gasteiger partial charge in [-0.1, -0.05) is 41.9 Å². The molecule has 0 bridgehead atoms. The second-order valence-electron chi connectivity index (χ2n) is 4.61. The summed E-state index contributed by atoms with van der Waals surface area (Å²) in [5, 5.41) is 9.84. The molecule has 0 aliphatic carbocycles. The minimum Gasteiger partial charge on any atom is -0.398 e. The number of hydrogen-bond donors (Lipinski definition) is 2. The third-order valence-corrected chi connectivity index (χ3v) is 3.17. The number of nitrogens with two attached hydrogens (primary N) is 1. The number of benzene rings is 2. The minimum atomic E-state index is -0.205. The van der Waals surface area contributed by atoms with E-state index in [1.165, 1.54) is 0 Å². The number of aliphatic hydroxyl groups excluding tert-OH is 1. The Morgan fingerprint density at radius 2 is 1.95 bits per heavy atom. The second-order valence-corrected chi connectivity index (χ2v) is 5.04. The quantitative estimate of drug-likeness (QED) is 0.671. The molecule has 2 rings (SSSR count). The summed E-state index contributed by atoms with van der Waals surface area (Å²) in [4.78, 5) is 4.57. The fourth-order valence-corrected chi connectivity index (χ4v) is 2.06. The Balaban J connectivity index is 2.58. The molecule has 3 N–H and O–H groups in total. The van der Waals surface area contributed by atoms with Gasteiger partial charge in [0.2, 0.25) is 0 Å². The van der Waals surface area contributed by atoms with Crippen molar-refractivity contribution in [2.75, 3.05) is 12.3 Å². The highest BCUT2D eigenvalue weighted by Crippen LogP contribution is 2.22. The van der Waals surface area contributed by atoms with E-state index >= 15 is 0 Å². The molecule has 0 spiro atoms. The highest BCUT2D eigenvalue weighted by atomic mass is 35.5. The summed E-state index contributed by atoms with van der Waals surface area (Å²) in [5.74, 6) is 0. The van der Waals surface area contributed by atoms with Crippen molar-refractivity contribution in [1.82, 2.24) is 0 Å². The Hall–Kier alpha value is -1.84. The maximum Gasteiger partial charge on any atom is 0.0744 e. The Morgan fingerprint density at radius 3 is 2.60 bits per heavy atom. The van der Waals surface area contributed by atoms with Crippen LogP contribution in [-0.4, -0.2) is 23.5 Å². The predicted octanol–water partition coefficient (Wildman–Crippen LogP) is 3.14. The Kier molecular flexibility index (Phi) is 4.77. The fraction of sp³-hybridized carbons (Fsp3) is 0.188. The first-order chi connectivity index (χ1) is 9.61. The van der Waals surface area contributed by atoms with Gasteiger partial charge < -0.3 is 10.8 Å². The number of hydrogen-bond acceptors (Lipinski definition) is 3. The average Bonchev–Trinajstić information content (AvgIpc) is 2.48. The number of rotatable bonds is 4. The van der Waals surface area contributed by atoms with Gasteiger partial charge in [-0.05, 0) is 25.1 Å². The maximum atomic E-state index is 9.24. The zero-order valence-electron chi connectivity index (χ0n) is 11.3. The molecule has 20 heavy (non-hydrogen) atoms. The Bertz CT molecular complexity index is 611. The van der Waals surface area contributed by atoms with Gasteiger partial charge in [0.1, 0.15) is 0 Å². The van der Waals surface area contributed by atoms with Gasteiger partial charge >= 0.3 is 0 Å². The van der Waals surface area contributed by atoms with E-state index < -0.39 is 0 Å². The number of nitrogens with zero attached hydrogens (tertiary/aromatic N) is 1. The lowest BCUT2D eigenvalue weighted by Crippen LogP contribution is -2.13. The van der Waals surface area contributed by atoms with Crippen molar-refractivity contribution in [3.63, 3.8) is 0 Å². The van der Waals surface area contributed by atoms with Crippen LogP contribution in [0.3, 0.4) is 0 Å². The van der Waals surface area contributed by atoms with Crippen LogP contribution in [0, 0.1) is 0 Å². The van der Waals surface area contributed by atoms with Crippen LogP contribution in [0.5, 0.6) is 0 Å². The standard InChI is InChI=1S/C16H17ClN2O/c1-11(10-20)19-16(12-5-3-2-4-6-12)14-9-13(17)7-8-15(14)18/h2-9,11,20H,10,18H2,1H3/b19-16+. The van der Waals surface area contributed by atoms with Crippen LogP contribution >= 0.6 is 11.6 Å². The first-order valence-corrected chi connectivity index (χ1v) is 6.79. The summed E-state index contributed by atoms with van der Waals surface area (Å²) < 4.78 is 0. The number of aliphatic imine (C=N–C) groups is 1. The van der Waals surface area contributed by atoms with Crippen LogP contribution in [-0.2, 0) is 0 Å². The van der Waals surface area contributed by atoms with E-state index in [9.17, 15) is 5.11 Å². The van der Waals surface area contributed by atoms with Crippen LogP contribution in [0.15, 0.2) is 53.5 Å². The van der Waals surface area contributed by atoms with E-state index in [-0.39, 0.29) is 12.6 Å². The largest absolute Gasteiger partial charge is 0.398 e. The summed E-state index contributed by atoms with van der Waals surface area (Å²) in [6, 6.07) is 14.9. The molecule has 0 saturated carbocycles. The lowest BCUT2D eigenvalue weighted by molar-refractivity contribution is 0.274. The fourth-order valence-electron chi connectivity index (χ4n) is 1.89. The molecule has 0 fully saturated rings. The van der Waals surface area contributed by atoms with Gasteiger partial charge in [-0.3, -0.25) is 4.99 Å². The van der Waals surface area contributed by atoms with E-state index in [4.69, 9.17) is 17.3 Å². The average molecular weight is 289 g/mol. The third-order valence-electron chi connectivity index (χ3n) is 2.93. The predicted molar refractivity (Wildman–Crippen MR) is 84.5 cm³/mol. The van der Waals surface area contributed by atoms with Gasteiger partial charge in [-0.25, -0.2) is 0 Å². The molecule has 0 aliphatic heterocycles. The van der Waals surface area contributed by atoms with Crippen molar-refractivity contribution in [3.8, 4) is 0 Å². The van der Waals surface area contributed by atoms with E-state index in [0.717, 1.165) is 16.8 Å². The topological polar surface area (TPSA) is 58.6 Å². The van der Waals surface area contributed by atoms with Gasteiger partial charge in [-0.2, -0.15) is 0 Å². The molecule has 0 amide bonds. The molecule has 1 atom stereocenters. The van der Waals surface area contributed by atoms with E-state index in [0.29, 0.717) is 10.7 Å². The van der Waals surface area contributed by atoms with Crippen LogP contribution in [0.1, 0.15) is 18.1 Å². The molecular formula is C16H17ClN2O. The molecule has 0 radical (unpaired) electrons. The first-order valence-electron chi connectivity index (χ1n) is 6.41. The molecule has 0 heterocycles. The van der Waals surface area contributed by atoms with Gasteiger partial charge in [0.15, 0.2) is 0 Å². The molecule has 0 aliphatic rings. The van der Waals surface area contributed by atoms with Crippen molar-refractivity contribution in [3.05, 3.63) is 64.7 Å². The van der Waals surface area contributed by atoms with Gasteiger partial charge in [0.25, 0.3) is 0 Å². The number of aliphatic hydroxyl groups is 1. The van der Waals surface area contributed by atoms with Crippen molar-refractivity contribution in [2.45, 2.75) is 13.0 Å². The molecule has 104 valence electrons. The van der Waals surface area contributed by atoms with Crippen LogP contribution in [0.25, 0.3) is 0 Å². The highest BCUT2D eigenvalue weighted by Gasteiger charge is 2.12. The van der Waals surface area contributed by atoms with Gasteiger partial charge in [0, 0.05) is 21.8 Å². The normalized spacial score (nSPS) is 13.2. The van der Waals surface area contributed by atoms with Gasteiger partial charge in [0.05, 0.1) is 18.4 Å². The van der Waals surface area contributed by atoms with Gasteiger partial charge in [-0.15, -0.1) is 0 Å². The zero-order chi connectivity index (χ0) is 14.5. The van der Waals surface area contributed by atoms with E-state index in [1.54, 1.807) is 18.2 Å². The summed E-state index contributed by atoms with van der Waals surface area (Å²) in [6.45, 7) is 1.83. The van der Waals surface area contributed by atoms with Crippen molar-refractivity contribution < 1.29 is 5.11 Å².